The second-order valence-corrected chi connectivity index (χ2v) is 5.99. The molecule has 0 fully saturated rings. The highest BCUT2D eigenvalue weighted by Gasteiger charge is 2.06. The molecule has 0 aliphatic rings. The third-order valence-electron chi connectivity index (χ3n) is 3.52. The summed E-state index contributed by atoms with van der Waals surface area (Å²) >= 11 is 6.16. The summed E-state index contributed by atoms with van der Waals surface area (Å²) in [6, 6.07) is 16.5. The van der Waals surface area contributed by atoms with Crippen molar-refractivity contribution in [2.45, 2.75) is 13.8 Å². The van der Waals surface area contributed by atoms with E-state index < -0.39 is 0 Å². The number of halogens is 1. The molecule has 126 valence electrons. The van der Waals surface area contributed by atoms with Gasteiger partial charge in [0.2, 0.25) is 5.95 Å². The highest BCUT2D eigenvalue weighted by molar-refractivity contribution is 6.33. The first kappa shape index (κ1) is 16.9. The molecule has 0 aliphatic heterocycles. The number of carbonyl (C=O) groups excluding carboxylic acids is 1. The Bertz CT molecular complexity index is 927. The summed E-state index contributed by atoms with van der Waals surface area (Å²) in [6.45, 7) is 3.43. The average Bonchev–Trinajstić information content (AvgIpc) is 2.57. The zero-order valence-electron chi connectivity index (χ0n) is 13.9. The van der Waals surface area contributed by atoms with Crippen molar-refractivity contribution in [1.29, 1.82) is 0 Å². The van der Waals surface area contributed by atoms with Gasteiger partial charge in [-0.15, -0.1) is 0 Å². The van der Waals surface area contributed by atoms with Crippen LogP contribution in [0.4, 0.5) is 23.1 Å². The van der Waals surface area contributed by atoms with Gasteiger partial charge in [0, 0.05) is 23.0 Å². The summed E-state index contributed by atoms with van der Waals surface area (Å²) in [5, 5.41) is 6.92. The van der Waals surface area contributed by atoms with Crippen molar-refractivity contribution in [1.82, 2.24) is 9.97 Å². The van der Waals surface area contributed by atoms with E-state index in [1.807, 2.05) is 43.3 Å². The van der Waals surface area contributed by atoms with Crippen LogP contribution < -0.4 is 10.6 Å². The van der Waals surface area contributed by atoms with Crippen molar-refractivity contribution in [3.63, 3.8) is 0 Å². The minimum atomic E-state index is 0.0172. The Morgan fingerprint density at radius 2 is 1.80 bits per heavy atom. The molecular weight excluding hydrogens is 336 g/mol. The number of nitrogens with one attached hydrogen (secondary N) is 2. The van der Waals surface area contributed by atoms with E-state index in [4.69, 9.17) is 11.6 Å². The minimum Gasteiger partial charge on any atom is -0.340 e. The van der Waals surface area contributed by atoms with Crippen LogP contribution in [-0.4, -0.2) is 15.8 Å². The van der Waals surface area contributed by atoms with Gasteiger partial charge in [0.25, 0.3) is 0 Å². The predicted molar refractivity (Wildman–Crippen MR) is 101 cm³/mol. The molecule has 1 heterocycles. The summed E-state index contributed by atoms with van der Waals surface area (Å²) < 4.78 is 0. The molecule has 2 aromatic carbocycles. The number of aryl methyl sites for hydroxylation is 1. The van der Waals surface area contributed by atoms with Crippen LogP contribution in [0, 0.1) is 6.92 Å². The number of benzene rings is 2. The fraction of sp³-hybridized carbons (Fsp3) is 0.105. The summed E-state index contributed by atoms with van der Waals surface area (Å²) in [4.78, 5) is 20.4. The van der Waals surface area contributed by atoms with Crippen molar-refractivity contribution >= 4 is 40.5 Å². The molecule has 0 radical (unpaired) electrons. The van der Waals surface area contributed by atoms with E-state index in [0.717, 1.165) is 17.1 Å². The lowest BCUT2D eigenvalue weighted by Gasteiger charge is -2.11. The number of hydrogen-bond donors (Lipinski definition) is 2. The zero-order valence-corrected chi connectivity index (χ0v) is 14.6. The van der Waals surface area contributed by atoms with Gasteiger partial charge in [-0.1, -0.05) is 35.9 Å². The van der Waals surface area contributed by atoms with Crippen LogP contribution in [0.2, 0.25) is 5.02 Å². The number of nitrogens with zero attached hydrogens (tertiary/aromatic N) is 2. The Balaban J connectivity index is 1.86. The van der Waals surface area contributed by atoms with Crippen LogP contribution in [0.15, 0.2) is 54.6 Å². The molecule has 0 bridgehead atoms. The number of para-hydroxylation sites is 1. The third-order valence-corrected chi connectivity index (χ3v) is 3.85. The molecule has 0 unspecified atom stereocenters. The van der Waals surface area contributed by atoms with E-state index in [9.17, 15) is 4.79 Å². The van der Waals surface area contributed by atoms with Gasteiger partial charge in [-0.3, -0.25) is 4.79 Å². The first-order valence-electron chi connectivity index (χ1n) is 7.76. The molecule has 0 atom stereocenters. The Hall–Kier alpha value is -2.92. The first-order chi connectivity index (χ1) is 12.0. The summed E-state index contributed by atoms with van der Waals surface area (Å²) in [5.74, 6) is 1.09. The Morgan fingerprint density at radius 1 is 1.00 bits per heavy atom. The largest absolute Gasteiger partial charge is 0.340 e. The molecule has 3 rings (SSSR count). The number of carbonyl (C=O) groups is 1. The van der Waals surface area contributed by atoms with Gasteiger partial charge in [-0.2, -0.15) is 4.98 Å². The Morgan fingerprint density at radius 3 is 2.56 bits per heavy atom. The lowest BCUT2D eigenvalue weighted by atomic mass is 10.1. The standard InChI is InChI=1S/C19H17ClN4O/c1-12-10-18(22-15-7-5-6-14(11-15)13(2)25)24-19(21-12)23-17-9-4-3-8-16(17)20/h3-11H,1-2H3,(H2,21,22,23,24). The van der Waals surface area contributed by atoms with E-state index in [2.05, 4.69) is 20.6 Å². The number of anilines is 4. The van der Waals surface area contributed by atoms with Crippen LogP contribution in [-0.2, 0) is 0 Å². The van der Waals surface area contributed by atoms with Gasteiger partial charge in [0.05, 0.1) is 10.7 Å². The molecule has 1 aromatic heterocycles. The molecule has 6 heteroatoms. The molecular formula is C19H17ClN4O. The smallest absolute Gasteiger partial charge is 0.229 e. The van der Waals surface area contributed by atoms with Crippen molar-refractivity contribution in [3.8, 4) is 0 Å². The van der Waals surface area contributed by atoms with Gasteiger partial charge in [0.15, 0.2) is 5.78 Å². The maximum absolute atomic E-state index is 11.5. The Kier molecular flexibility index (Phi) is 4.95. The number of ketones is 1. The summed E-state index contributed by atoms with van der Waals surface area (Å²) in [5.41, 5.74) is 2.97. The van der Waals surface area contributed by atoms with E-state index in [0.29, 0.717) is 22.4 Å². The van der Waals surface area contributed by atoms with Gasteiger partial charge >= 0.3 is 0 Å². The minimum absolute atomic E-state index is 0.0172. The monoisotopic (exact) mass is 352 g/mol. The van der Waals surface area contributed by atoms with E-state index in [-0.39, 0.29) is 5.78 Å². The first-order valence-corrected chi connectivity index (χ1v) is 8.14. The quantitative estimate of drug-likeness (QED) is 0.623. The fourth-order valence-corrected chi connectivity index (χ4v) is 2.52. The third kappa shape index (κ3) is 4.33. The summed E-state index contributed by atoms with van der Waals surface area (Å²) in [6.07, 6.45) is 0. The molecule has 0 amide bonds. The van der Waals surface area contributed by atoms with Gasteiger partial charge in [-0.25, -0.2) is 4.98 Å². The highest BCUT2D eigenvalue weighted by atomic mass is 35.5. The van der Waals surface area contributed by atoms with E-state index >= 15 is 0 Å². The van der Waals surface area contributed by atoms with E-state index in [1.54, 1.807) is 25.1 Å². The molecule has 2 N–H and O–H groups in total. The number of aromatic nitrogens is 2. The summed E-state index contributed by atoms with van der Waals surface area (Å²) in [7, 11) is 0. The maximum Gasteiger partial charge on any atom is 0.229 e. The Labute approximate surface area is 151 Å². The van der Waals surface area contributed by atoms with Crippen molar-refractivity contribution in [2.24, 2.45) is 0 Å². The van der Waals surface area contributed by atoms with Crippen LogP contribution >= 0.6 is 11.6 Å². The predicted octanol–water partition coefficient (Wildman–Crippen LogP) is 5.13. The van der Waals surface area contributed by atoms with Crippen molar-refractivity contribution in [3.05, 3.63) is 70.9 Å². The van der Waals surface area contributed by atoms with Crippen LogP contribution in [0.1, 0.15) is 23.0 Å². The fourth-order valence-electron chi connectivity index (χ4n) is 2.34. The molecule has 5 nitrogen and oxygen atoms in total. The lowest BCUT2D eigenvalue weighted by molar-refractivity contribution is 0.101. The van der Waals surface area contributed by atoms with Crippen molar-refractivity contribution in [2.75, 3.05) is 10.6 Å². The molecule has 0 aliphatic carbocycles. The molecule has 3 aromatic rings. The number of Topliss-reactive ketones (excluding diaryl/α,β-unsaturated/α-hetero) is 1. The van der Waals surface area contributed by atoms with Crippen LogP contribution in [0.5, 0.6) is 0 Å². The van der Waals surface area contributed by atoms with Crippen molar-refractivity contribution < 1.29 is 4.79 Å². The second-order valence-electron chi connectivity index (χ2n) is 5.59. The number of hydrogen-bond acceptors (Lipinski definition) is 5. The van der Waals surface area contributed by atoms with Crippen LogP contribution in [0.25, 0.3) is 0 Å². The normalized spacial score (nSPS) is 10.4. The topological polar surface area (TPSA) is 66.9 Å². The molecule has 0 saturated carbocycles. The SMILES string of the molecule is CC(=O)c1cccc(Nc2cc(C)nc(Nc3ccccc3Cl)n2)c1. The van der Waals surface area contributed by atoms with E-state index in [1.165, 1.54) is 0 Å². The highest BCUT2D eigenvalue weighted by Crippen LogP contribution is 2.24. The van der Waals surface area contributed by atoms with Gasteiger partial charge in [-0.05, 0) is 38.1 Å². The zero-order chi connectivity index (χ0) is 17.8. The molecule has 0 spiro atoms. The maximum atomic E-state index is 11.5. The molecule has 0 saturated heterocycles. The average molecular weight is 353 g/mol. The molecule has 25 heavy (non-hydrogen) atoms. The van der Waals surface area contributed by atoms with Gasteiger partial charge in [0.1, 0.15) is 5.82 Å². The second kappa shape index (κ2) is 7.32. The van der Waals surface area contributed by atoms with Crippen LogP contribution in [0.3, 0.4) is 0 Å². The number of rotatable bonds is 5. The lowest BCUT2D eigenvalue weighted by Crippen LogP contribution is -2.03. The van der Waals surface area contributed by atoms with Gasteiger partial charge < -0.3 is 10.6 Å².